The third kappa shape index (κ3) is 2.72. The van der Waals surface area contributed by atoms with Crippen molar-refractivity contribution < 1.29 is 8.42 Å². The van der Waals surface area contributed by atoms with Crippen LogP contribution in [0.5, 0.6) is 0 Å². The summed E-state index contributed by atoms with van der Waals surface area (Å²) < 4.78 is 24.5. The van der Waals surface area contributed by atoms with Gasteiger partial charge in [0, 0.05) is 29.8 Å². The molecule has 21 heavy (non-hydrogen) atoms. The molecule has 0 amide bonds. The Morgan fingerprint density at radius 2 is 1.62 bits per heavy atom. The number of benzene rings is 1. The number of rotatable bonds is 3. The van der Waals surface area contributed by atoms with Gasteiger partial charge in [0.2, 0.25) is 10.0 Å². The lowest BCUT2D eigenvalue weighted by Gasteiger charge is -2.10. The largest absolute Gasteiger partial charge is 0.317 e. The molecule has 0 aliphatic rings. The molecule has 0 saturated heterocycles. The summed E-state index contributed by atoms with van der Waals surface area (Å²) in [5.41, 5.74) is 2.89. The number of nitrogens with two attached hydrogens (primary N) is 1. The first kappa shape index (κ1) is 13.5. The van der Waals surface area contributed by atoms with E-state index in [0.717, 1.165) is 16.9 Å². The number of nitrogens with zero attached hydrogens (tertiary/aromatic N) is 2. The highest BCUT2D eigenvalue weighted by Crippen LogP contribution is 2.23. The van der Waals surface area contributed by atoms with Gasteiger partial charge in [0.25, 0.3) is 0 Å². The molecule has 0 aliphatic carbocycles. The Bertz CT molecular complexity index is 853. The van der Waals surface area contributed by atoms with Gasteiger partial charge in [-0.05, 0) is 48.5 Å². The lowest BCUT2D eigenvalue weighted by molar-refractivity contribution is 0.598. The summed E-state index contributed by atoms with van der Waals surface area (Å²) in [6, 6.07) is 14.2. The quantitative estimate of drug-likeness (QED) is 0.805. The first-order valence-corrected chi connectivity index (χ1v) is 7.81. The summed E-state index contributed by atoms with van der Waals surface area (Å²) >= 11 is 0. The monoisotopic (exact) mass is 299 g/mol. The predicted octanol–water partition coefficient (Wildman–Crippen LogP) is 2.19. The number of aromatic nitrogens is 2. The second kappa shape index (κ2) is 5.16. The molecule has 0 atom stereocenters. The van der Waals surface area contributed by atoms with Gasteiger partial charge >= 0.3 is 0 Å². The van der Waals surface area contributed by atoms with E-state index in [4.69, 9.17) is 5.14 Å². The summed E-state index contributed by atoms with van der Waals surface area (Å²) in [5.74, 6) is 0. The van der Waals surface area contributed by atoms with Crippen molar-refractivity contribution >= 4 is 10.0 Å². The summed E-state index contributed by atoms with van der Waals surface area (Å²) in [7, 11) is -3.67. The molecule has 0 unspecified atom stereocenters. The molecule has 0 bridgehead atoms. The zero-order valence-electron chi connectivity index (χ0n) is 11.0. The Balaban J connectivity index is 2.05. The molecule has 2 aromatic heterocycles. The minimum absolute atomic E-state index is 0.101. The van der Waals surface area contributed by atoms with E-state index in [9.17, 15) is 8.42 Å². The third-order valence-corrected chi connectivity index (χ3v) is 4.10. The van der Waals surface area contributed by atoms with Crippen LogP contribution in [0.4, 0.5) is 0 Å². The third-order valence-electron chi connectivity index (χ3n) is 3.17. The molecular formula is C15H13N3O2S. The fourth-order valence-corrected chi connectivity index (χ4v) is 2.68. The highest BCUT2D eigenvalue weighted by atomic mass is 32.2. The van der Waals surface area contributed by atoms with E-state index in [1.165, 1.54) is 12.1 Å². The molecule has 0 aliphatic heterocycles. The van der Waals surface area contributed by atoms with E-state index in [1.807, 2.05) is 35.0 Å². The molecule has 0 spiro atoms. The van der Waals surface area contributed by atoms with Crippen molar-refractivity contribution in [1.29, 1.82) is 0 Å². The van der Waals surface area contributed by atoms with Gasteiger partial charge in [0.15, 0.2) is 0 Å². The van der Waals surface area contributed by atoms with E-state index in [0.29, 0.717) is 0 Å². The van der Waals surface area contributed by atoms with Crippen molar-refractivity contribution in [2.75, 3.05) is 0 Å². The van der Waals surface area contributed by atoms with Crippen LogP contribution < -0.4 is 5.14 Å². The smallest absolute Gasteiger partial charge is 0.238 e. The first-order chi connectivity index (χ1) is 10.1. The number of hydrogen-bond donors (Lipinski definition) is 1. The maximum Gasteiger partial charge on any atom is 0.238 e. The number of primary sulfonamides is 1. The van der Waals surface area contributed by atoms with Crippen molar-refractivity contribution in [1.82, 2.24) is 9.55 Å². The van der Waals surface area contributed by atoms with E-state index in [2.05, 4.69) is 4.98 Å². The molecule has 2 heterocycles. The normalized spacial score (nSPS) is 11.5. The molecule has 0 radical (unpaired) electrons. The molecule has 5 nitrogen and oxygen atoms in total. The van der Waals surface area contributed by atoms with Crippen molar-refractivity contribution in [2.24, 2.45) is 5.14 Å². The van der Waals surface area contributed by atoms with Crippen LogP contribution >= 0.6 is 0 Å². The van der Waals surface area contributed by atoms with Crippen LogP contribution in [-0.2, 0) is 10.0 Å². The standard InChI is InChI=1S/C15H13N3O2S/c16-21(19,20)14-5-3-13(4-6-14)18-11-1-2-15(18)12-7-9-17-10-8-12/h1-11H,(H2,16,19,20). The average Bonchev–Trinajstić information content (AvgIpc) is 2.97. The number of pyridine rings is 1. The SMILES string of the molecule is NS(=O)(=O)c1ccc(-n2cccc2-c2ccncc2)cc1. The van der Waals surface area contributed by atoms with Crippen LogP contribution in [0.2, 0.25) is 0 Å². The maximum absolute atomic E-state index is 11.3. The van der Waals surface area contributed by atoms with Crippen LogP contribution in [0.15, 0.2) is 72.0 Å². The molecule has 3 aromatic rings. The lowest BCUT2D eigenvalue weighted by atomic mass is 10.2. The molecule has 0 saturated carbocycles. The van der Waals surface area contributed by atoms with Gasteiger partial charge in [-0.1, -0.05) is 0 Å². The number of hydrogen-bond acceptors (Lipinski definition) is 3. The van der Waals surface area contributed by atoms with E-state index in [-0.39, 0.29) is 4.90 Å². The number of sulfonamides is 1. The highest BCUT2D eigenvalue weighted by molar-refractivity contribution is 7.89. The van der Waals surface area contributed by atoms with E-state index in [1.54, 1.807) is 24.5 Å². The van der Waals surface area contributed by atoms with Crippen molar-refractivity contribution in [3.8, 4) is 16.9 Å². The van der Waals surface area contributed by atoms with Gasteiger partial charge in [-0.2, -0.15) is 0 Å². The topological polar surface area (TPSA) is 78.0 Å². The second-order valence-electron chi connectivity index (χ2n) is 4.54. The van der Waals surface area contributed by atoms with Crippen LogP contribution in [0.3, 0.4) is 0 Å². The minimum Gasteiger partial charge on any atom is -0.317 e. The van der Waals surface area contributed by atoms with Crippen LogP contribution in [0, 0.1) is 0 Å². The molecule has 0 fully saturated rings. The van der Waals surface area contributed by atoms with Crippen LogP contribution in [0.25, 0.3) is 16.9 Å². The Morgan fingerprint density at radius 3 is 2.24 bits per heavy atom. The van der Waals surface area contributed by atoms with E-state index >= 15 is 0 Å². The van der Waals surface area contributed by atoms with Crippen LogP contribution in [0.1, 0.15) is 0 Å². The summed E-state index contributed by atoms with van der Waals surface area (Å²) in [6.07, 6.45) is 5.38. The molecule has 3 rings (SSSR count). The van der Waals surface area contributed by atoms with Gasteiger partial charge in [0.1, 0.15) is 0 Å². The van der Waals surface area contributed by atoms with Crippen molar-refractivity contribution in [3.05, 3.63) is 67.1 Å². The average molecular weight is 299 g/mol. The van der Waals surface area contributed by atoms with Gasteiger partial charge in [0.05, 0.1) is 10.6 Å². The van der Waals surface area contributed by atoms with Gasteiger partial charge in [-0.25, -0.2) is 13.6 Å². The molecule has 106 valence electrons. The Hall–Kier alpha value is -2.44. The van der Waals surface area contributed by atoms with Crippen molar-refractivity contribution in [3.63, 3.8) is 0 Å². The molecular weight excluding hydrogens is 286 g/mol. The predicted molar refractivity (Wildman–Crippen MR) is 80.4 cm³/mol. The zero-order valence-corrected chi connectivity index (χ0v) is 11.9. The Kier molecular flexibility index (Phi) is 3.32. The summed E-state index contributed by atoms with van der Waals surface area (Å²) in [4.78, 5) is 4.11. The zero-order chi connectivity index (χ0) is 14.9. The molecule has 2 N–H and O–H groups in total. The fraction of sp³-hybridized carbons (Fsp3) is 0. The summed E-state index contributed by atoms with van der Waals surface area (Å²) in [5, 5.41) is 5.10. The second-order valence-corrected chi connectivity index (χ2v) is 6.10. The lowest BCUT2D eigenvalue weighted by Crippen LogP contribution is -2.12. The van der Waals surface area contributed by atoms with Crippen molar-refractivity contribution in [2.45, 2.75) is 4.90 Å². The Labute approximate surface area is 122 Å². The minimum atomic E-state index is -3.67. The van der Waals surface area contributed by atoms with Gasteiger partial charge in [-0.3, -0.25) is 4.98 Å². The Morgan fingerprint density at radius 1 is 0.952 bits per heavy atom. The van der Waals surface area contributed by atoms with Gasteiger partial charge < -0.3 is 4.57 Å². The van der Waals surface area contributed by atoms with E-state index < -0.39 is 10.0 Å². The van der Waals surface area contributed by atoms with Crippen LogP contribution in [-0.4, -0.2) is 18.0 Å². The maximum atomic E-state index is 11.3. The fourth-order valence-electron chi connectivity index (χ4n) is 2.16. The summed E-state index contributed by atoms with van der Waals surface area (Å²) in [6.45, 7) is 0. The highest BCUT2D eigenvalue weighted by Gasteiger charge is 2.09. The molecule has 1 aromatic carbocycles. The molecule has 6 heteroatoms. The van der Waals surface area contributed by atoms with Gasteiger partial charge in [-0.15, -0.1) is 0 Å². The first-order valence-electron chi connectivity index (χ1n) is 6.27.